The van der Waals surface area contributed by atoms with E-state index in [0.717, 1.165) is 19.5 Å². The molecule has 1 N–H and O–H groups in total. The molecule has 2 rings (SSSR count). The molecule has 1 aromatic rings. The van der Waals surface area contributed by atoms with Gasteiger partial charge < -0.3 is 14.7 Å². The molecule has 1 heterocycles. The van der Waals surface area contributed by atoms with Gasteiger partial charge in [0.1, 0.15) is 11.6 Å². The van der Waals surface area contributed by atoms with E-state index in [2.05, 4.69) is 11.9 Å². The Morgan fingerprint density at radius 3 is 2.72 bits per heavy atom. The van der Waals surface area contributed by atoms with Crippen LogP contribution in [0.5, 0.6) is 5.75 Å². The fraction of sp³-hybridized carbons (Fsp3) is 0.571. The molecule has 18 heavy (non-hydrogen) atoms. The van der Waals surface area contributed by atoms with Crippen molar-refractivity contribution in [2.24, 2.45) is 11.8 Å². The first-order valence-corrected chi connectivity index (χ1v) is 6.37. The number of hydrogen-bond acceptors (Lipinski definition) is 3. The molecule has 0 aliphatic carbocycles. The van der Waals surface area contributed by atoms with Crippen molar-refractivity contribution >= 4 is 0 Å². The Balaban J connectivity index is 1.85. The van der Waals surface area contributed by atoms with Crippen LogP contribution in [0.15, 0.2) is 24.3 Å². The Morgan fingerprint density at radius 1 is 1.44 bits per heavy atom. The third-order valence-corrected chi connectivity index (χ3v) is 3.61. The SMILES string of the molecule is CN1CCC(C(CO)COc2ccc(F)cc2)C1. The first-order chi connectivity index (χ1) is 8.69. The van der Waals surface area contributed by atoms with Gasteiger partial charge in [-0.1, -0.05) is 0 Å². The summed E-state index contributed by atoms with van der Waals surface area (Å²) in [7, 11) is 2.09. The van der Waals surface area contributed by atoms with E-state index >= 15 is 0 Å². The summed E-state index contributed by atoms with van der Waals surface area (Å²) in [6, 6.07) is 5.99. The smallest absolute Gasteiger partial charge is 0.123 e. The van der Waals surface area contributed by atoms with Crippen LogP contribution in [0.2, 0.25) is 0 Å². The second-order valence-corrected chi connectivity index (χ2v) is 5.02. The molecule has 0 amide bonds. The van der Waals surface area contributed by atoms with Crippen LogP contribution in [-0.2, 0) is 0 Å². The van der Waals surface area contributed by atoms with Gasteiger partial charge in [0.05, 0.1) is 6.61 Å². The normalized spacial score (nSPS) is 22.1. The Kier molecular flexibility index (Phi) is 4.55. The zero-order chi connectivity index (χ0) is 13.0. The highest BCUT2D eigenvalue weighted by molar-refractivity contribution is 5.22. The molecule has 1 saturated heterocycles. The summed E-state index contributed by atoms with van der Waals surface area (Å²) < 4.78 is 18.4. The molecule has 2 unspecified atom stereocenters. The van der Waals surface area contributed by atoms with E-state index in [0.29, 0.717) is 18.3 Å². The van der Waals surface area contributed by atoms with Gasteiger partial charge in [-0.25, -0.2) is 4.39 Å². The third-order valence-electron chi connectivity index (χ3n) is 3.61. The van der Waals surface area contributed by atoms with Gasteiger partial charge in [0.2, 0.25) is 0 Å². The number of halogens is 1. The zero-order valence-electron chi connectivity index (χ0n) is 10.7. The topological polar surface area (TPSA) is 32.7 Å². The molecule has 100 valence electrons. The van der Waals surface area contributed by atoms with E-state index < -0.39 is 0 Å². The Bertz CT molecular complexity index is 369. The summed E-state index contributed by atoms with van der Waals surface area (Å²) in [5, 5.41) is 9.44. The van der Waals surface area contributed by atoms with Crippen molar-refractivity contribution in [2.45, 2.75) is 6.42 Å². The predicted molar refractivity (Wildman–Crippen MR) is 68.1 cm³/mol. The van der Waals surface area contributed by atoms with Crippen molar-refractivity contribution in [1.82, 2.24) is 4.90 Å². The molecule has 2 atom stereocenters. The molecule has 4 heteroatoms. The van der Waals surface area contributed by atoms with Crippen LogP contribution in [0, 0.1) is 17.7 Å². The van der Waals surface area contributed by atoms with E-state index in [9.17, 15) is 9.50 Å². The van der Waals surface area contributed by atoms with Crippen molar-refractivity contribution in [2.75, 3.05) is 33.4 Å². The van der Waals surface area contributed by atoms with Crippen LogP contribution >= 0.6 is 0 Å². The van der Waals surface area contributed by atoms with Crippen molar-refractivity contribution in [3.05, 3.63) is 30.1 Å². The van der Waals surface area contributed by atoms with E-state index in [4.69, 9.17) is 4.74 Å². The van der Waals surface area contributed by atoms with E-state index in [1.54, 1.807) is 12.1 Å². The number of aliphatic hydroxyl groups is 1. The first kappa shape index (κ1) is 13.3. The molecule has 0 spiro atoms. The average Bonchev–Trinajstić information content (AvgIpc) is 2.79. The number of benzene rings is 1. The lowest BCUT2D eigenvalue weighted by Crippen LogP contribution is -2.27. The number of likely N-dealkylation sites (tertiary alicyclic amines) is 1. The maximum Gasteiger partial charge on any atom is 0.123 e. The maximum atomic E-state index is 12.7. The lowest BCUT2D eigenvalue weighted by atomic mass is 9.93. The van der Waals surface area contributed by atoms with Gasteiger partial charge in [-0.3, -0.25) is 0 Å². The van der Waals surface area contributed by atoms with Crippen LogP contribution in [-0.4, -0.2) is 43.4 Å². The van der Waals surface area contributed by atoms with Gasteiger partial charge in [0, 0.05) is 19.1 Å². The summed E-state index contributed by atoms with van der Waals surface area (Å²) >= 11 is 0. The lowest BCUT2D eigenvalue weighted by molar-refractivity contribution is 0.120. The van der Waals surface area contributed by atoms with Gasteiger partial charge in [-0.05, 0) is 50.2 Å². The zero-order valence-corrected chi connectivity index (χ0v) is 10.7. The van der Waals surface area contributed by atoms with Gasteiger partial charge in [-0.15, -0.1) is 0 Å². The second-order valence-electron chi connectivity index (χ2n) is 5.02. The van der Waals surface area contributed by atoms with E-state index in [1.807, 2.05) is 0 Å². The molecule has 1 fully saturated rings. The summed E-state index contributed by atoms with van der Waals surface area (Å²) in [6.45, 7) is 2.72. The summed E-state index contributed by atoms with van der Waals surface area (Å²) in [6.07, 6.45) is 1.11. The number of ether oxygens (including phenoxy) is 1. The van der Waals surface area contributed by atoms with Gasteiger partial charge in [0.15, 0.2) is 0 Å². The van der Waals surface area contributed by atoms with Crippen LogP contribution in [0.25, 0.3) is 0 Å². The van der Waals surface area contributed by atoms with Crippen LogP contribution in [0.1, 0.15) is 6.42 Å². The largest absolute Gasteiger partial charge is 0.493 e. The van der Waals surface area contributed by atoms with E-state index in [-0.39, 0.29) is 18.3 Å². The standard InChI is InChI=1S/C14H20FNO2/c1-16-7-6-11(8-16)12(9-17)10-18-14-4-2-13(15)3-5-14/h2-5,11-12,17H,6-10H2,1H3. The van der Waals surface area contributed by atoms with Crippen LogP contribution < -0.4 is 4.74 Å². The number of rotatable bonds is 5. The van der Waals surface area contributed by atoms with Crippen LogP contribution in [0.3, 0.4) is 0 Å². The second kappa shape index (κ2) is 6.16. The Labute approximate surface area is 107 Å². The molecule has 1 aliphatic rings. The number of nitrogens with zero attached hydrogens (tertiary/aromatic N) is 1. The molecule has 3 nitrogen and oxygen atoms in total. The summed E-state index contributed by atoms with van der Waals surface area (Å²) in [4.78, 5) is 2.27. The highest BCUT2D eigenvalue weighted by atomic mass is 19.1. The minimum Gasteiger partial charge on any atom is -0.493 e. The first-order valence-electron chi connectivity index (χ1n) is 6.37. The van der Waals surface area contributed by atoms with Crippen molar-refractivity contribution in [3.8, 4) is 5.75 Å². The average molecular weight is 253 g/mol. The minimum absolute atomic E-state index is 0.139. The van der Waals surface area contributed by atoms with Gasteiger partial charge >= 0.3 is 0 Å². The monoisotopic (exact) mass is 253 g/mol. The Hall–Kier alpha value is -1.13. The summed E-state index contributed by atoms with van der Waals surface area (Å²) in [5.41, 5.74) is 0. The highest BCUT2D eigenvalue weighted by Gasteiger charge is 2.27. The highest BCUT2D eigenvalue weighted by Crippen LogP contribution is 2.24. The molecule has 1 aliphatic heterocycles. The van der Waals surface area contributed by atoms with Crippen molar-refractivity contribution in [1.29, 1.82) is 0 Å². The molecule has 1 aromatic carbocycles. The summed E-state index contributed by atoms with van der Waals surface area (Å²) in [5.74, 6) is 1.03. The van der Waals surface area contributed by atoms with Gasteiger partial charge in [-0.2, -0.15) is 0 Å². The molecule has 0 saturated carbocycles. The fourth-order valence-electron chi connectivity index (χ4n) is 2.43. The Morgan fingerprint density at radius 2 is 2.17 bits per heavy atom. The maximum absolute atomic E-state index is 12.7. The van der Waals surface area contributed by atoms with Crippen LogP contribution in [0.4, 0.5) is 4.39 Å². The van der Waals surface area contributed by atoms with Crippen molar-refractivity contribution in [3.63, 3.8) is 0 Å². The molecular weight excluding hydrogens is 233 g/mol. The number of aliphatic hydroxyl groups excluding tert-OH is 1. The predicted octanol–water partition coefficient (Wildman–Crippen LogP) is 1.76. The molecule has 0 aromatic heterocycles. The number of hydrogen-bond donors (Lipinski definition) is 1. The van der Waals surface area contributed by atoms with Crippen molar-refractivity contribution < 1.29 is 14.2 Å². The molecular formula is C14H20FNO2. The minimum atomic E-state index is -0.265. The fourth-order valence-corrected chi connectivity index (χ4v) is 2.43. The molecule has 0 radical (unpaired) electrons. The molecule has 0 bridgehead atoms. The van der Waals surface area contributed by atoms with Gasteiger partial charge in [0.25, 0.3) is 0 Å². The quantitative estimate of drug-likeness (QED) is 0.868. The van der Waals surface area contributed by atoms with E-state index in [1.165, 1.54) is 12.1 Å². The lowest BCUT2D eigenvalue weighted by Gasteiger charge is -2.21. The third kappa shape index (κ3) is 3.43.